The SMILES string of the molecule is CCCC(C)C(=O)NCC1(O)CCC(C)(C)CC1. The van der Waals surface area contributed by atoms with Crippen LogP contribution in [0.3, 0.4) is 0 Å². The standard InChI is InChI=1S/C15H29NO2/c1-5-6-12(2)13(17)16-11-15(18)9-7-14(3,4)8-10-15/h12,18H,5-11H2,1-4H3,(H,16,17). The molecule has 106 valence electrons. The van der Waals surface area contributed by atoms with Crippen LogP contribution in [-0.2, 0) is 4.79 Å². The van der Waals surface area contributed by atoms with Crippen molar-refractivity contribution in [2.24, 2.45) is 11.3 Å². The van der Waals surface area contributed by atoms with Crippen LogP contribution in [0.4, 0.5) is 0 Å². The Balaban J connectivity index is 2.37. The fourth-order valence-corrected chi connectivity index (χ4v) is 2.56. The number of amides is 1. The molecule has 0 heterocycles. The van der Waals surface area contributed by atoms with Crippen molar-refractivity contribution in [3.8, 4) is 0 Å². The maximum absolute atomic E-state index is 11.8. The number of carbonyl (C=O) groups is 1. The van der Waals surface area contributed by atoms with Crippen LogP contribution in [0.25, 0.3) is 0 Å². The van der Waals surface area contributed by atoms with E-state index in [1.807, 2.05) is 6.92 Å². The molecule has 1 unspecified atom stereocenters. The first-order chi connectivity index (χ1) is 8.28. The van der Waals surface area contributed by atoms with Crippen molar-refractivity contribution in [1.29, 1.82) is 0 Å². The van der Waals surface area contributed by atoms with Gasteiger partial charge >= 0.3 is 0 Å². The average Bonchev–Trinajstić information content (AvgIpc) is 2.31. The van der Waals surface area contributed by atoms with E-state index >= 15 is 0 Å². The van der Waals surface area contributed by atoms with Crippen molar-refractivity contribution < 1.29 is 9.90 Å². The second-order valence-corrected chi connectivity index (χ2v) is 6.80. The van der Waals surface area contributed by atoms with Gasteiger partial charge in [0, 0.05) is 12.5 Å². The molecule has 1 rings (SSSR count). The molecule has 1 fully saturated rings. The van der Waals surface area contributed by atoms with Gasteiger partial charge in [0.1, 0.15) is 0 Å². The third-order valence-electron chi connectivity index (χ3n) is 4.30. The van der Waals surface area contributed by atoms with E-state index in [0.29, 0.717) is 12.0 Å². The Labute approximate surface area is 111 Å². The van der Waals surface area contributed by atoms with Gasteiger partial charge in [0.15, 0.2) is 0 Å². The maximum atomic E-state index is 11.8. The predicted octanol–water partition coefficient (Wildman–Crippen LogP) is 2.87. The Morgan fingerprint density at radius 2 is 1.83 bits per heavy atom. The Hall–Kier alpha value is -0.570. The number of aliphatic hydroxyl groups is 1. The predicted molar refractivity (Wildman–Crippen MR) is 74.3 cm³/mol. The van der Waals surface area contributed by atoms with Crippen LogP contribution in [0, 0.1) is 11.3 Å². The monoisotopic (exact) mass is 255 g/mol. The molecule has 18 heavy (non-hydrogen) atoms. The van der Waals surface area contributed by atoms with Crippen molar-refractivity contribution in [3.05, 3.63) is 0 Å². The second kappa shape index (κ2) is 6.05. The van der Waals surface area contributed by atoms with E-state index < -0.39 is 5.60 Å². The Morgan fingerprint density at radius 3 is 2.33 bits per heavy atom. The Bertz CT molecular complexity index is 276. The molecule has 2 N–H and O–H groups in total. The summed E-state index contributed by atoms with van der Waals surface area (Å²) < 4.78 is 0. The summed E-state index contributed by atoms with van der Waals surface area (Å²) in [6.45, 7) is 8.94. The molecule has 1 aliphatic carbocycles. The molecule has 0 spiro atoms. The minimum Gasteiger partial charge on any atom is -0.388 e. The Morgan fingerprint density at radius 1 is 1.28 bits per heavy atom. The molecule has 0 aromatic rings. The highest BCUT2D eigenvalue weighted by Gasteiger charge is 2.36. The van der Waals surface area contributed by atoms with E-state index in [2.05, 4.69) is 26.1 Å². The number of nitrogens with one attached hydrogen (secondary N) is 1. The zero-order valence-electron chi connectivity index (χ0n) is 12.4. The molecule has 0 aliphatic heterocycles. The van der Waals surface area contributed by atoms with Crippen molar-refractivity contribution in [3.63, 3.8) is 0 Å². The molecule has 1 atom stereocenters. The van der Waals surface area contributed by atoms with Gasteiger partial charge in [0.2, 0.25) is 5.91 Å². The molecule has 0 aromatic heterocycles. The first-order valence-electron chi connectivity index (χ1n) is 7.28. The summed E-state index contributed by atoms with van der Waals surface area (Å²) in [6.07, 6.45) is 5.59. The summed E-state index contributed by atoms with van der Waals surface area (Å²) in [7, 11) is 0. The molecular weight excluding hydrogens is 226 g/mol. The van der Waals surface area contributed by atoms with Gasteiger partial charge in [0.05, 0.1) is 5.60 Å². The molecule has 0 aromatic carbocycles. The van der Waals surface area contributed by atoms with Crippen molar-refractivity contribution in [2.45, 2.75) is 71.8 Å². The normalized spacial score (nSPS) is 23.4. The van der Waals surface area contributed by atoms with Gasteiger partial charge in [-0.1, -0.05) is 34.1 Å². The molecular formula is C15H29NO2. The van der Waals surface area contributed by atoms with Crippen LogP contribution in [0.2, 0.25) is 0 Å². The largest absolute Gasteiger partial charge is 0.388 e. The summed E-state index contributed by atoms with van der Waals surface area (Å²) in [5, 5.41) is 13.4. The van der Waals surface area contributed by atoms with Gasteiger partial charge in [-0.2, -0.15) is 0 Å². The third-order valence-corrected chi connectivity index (χ3v) is 4.30. The summed E-state index contributed by atoms with van der Waals surface area (Å²) in [4.78, 5) is 11.8. The number of hydrogen-bond acceptors (Lipinski definition) is 2. The number of carbonyl (C=O) groups excluding carboxylic acids is 1. The van der Waals surface area contributed by atoms with E-state index in [-0.39, 0.29) is 11.8 Å². The third kappa shape index (κ3) is 4.60. The second-order valence-electron chi connectivity index (χ2n) is 6.80. The highest BCUT2D eigenvalue weighted by molar-refractivity contribution is 5.78. The van der Waals surface area contributed by atoms with Gasteiger partial charge in [-0.25, -0.2) is 0 Å². The number of rotatable bonds is 5. The van der Waals surface area contributed by atoms with Gasteiger partial charge in [-0.3, -0.25) is 4.79 Å². The average molecular weight is 255 g/mol. The van der Waals surface area contributed by atoms with Crippen LogP contribution in [0.1, 0.15) is 66.2 Å². The van der Waals surface area contributed by atoms with E-state index in [9.17, 15) is 9.90 Å². The topological polar surface area (TPSA) is 49.3 Å². The van der Waals surface area contributed by atoms with Crippen molar-refractivity contribution in [1.82, 2.24) is 5.32 Å². The molecule has 1 amide bonds. The van der Waals surface area contributed by atoms with Crippen LogP contribution in [0.5, 0.6) is 0 Å². The maximum Gasteiger partial charge on any atom is 0.222 e. The van der Waals surface area contributed by atoms with Crippen LogP contribution < -0.4 is 5.32 Å². The zero-order valence-corrected chi connectivity index (χ0v) is 12.4. The van der Waals surface area contributed by atoms with Crippen LogP contribution in [0.15, 0.2) is 0 Å². The molecule has 0 radical (unpaired) electrons. The van der Waals surface area contributed by atoms with E-state index in [1.165, 1.54) is 0 Å². The molecule has 0 bridgehead atoms. The summed E-state index contributed by atoms with van der Waals surface area (Å²) in [6, 6.07) is 0. The molecule has 0 saturated heterocycles. The number of hydrogen-bond donors (Lipinski definition) is 2. The quantitative estimate of drug-likeness (QED) is 0.793. The first kappa shape index (κ1) is 15.5. The smallest absolute Gasteiger partial charge is 0.222 e. The fraction of sp³-hybridized carbons (Fsp3) is 0.933. The zero-order chi connectivity index (χ0) is 13.8. The summed E-state index contributed by atoms with van der Waals surface area (Å²) in [5.41, 5.74) is -0.344. The van der Waals surface area contributed by atoms with Gasteiger partial charge < -0.3 is 10.4 Å². The molecule has 3 heteroatoms. The van der Waals surface area contributed by atoms with E-state index in [4.69, 9.17) is 0 Å². The minimum absolute atomic E-state index is 0.0543. The lowest BCUT2D eigenvalue weighted by atomic mass is 9.71. The van der Waals surface area contributed by atoms with Crippen LogP contribution in [-0.4, -0.2) is 23.2 Å². The molecule has 3 nitrogen and oxygen atoms in total. The van der Waals surface area contributed by atoms with Gasteiger partial charge in [0.25, 0.3) is 0 Å². The van der Waals surface area contributed by atoms with Crippen LogP contribution >= 0.6 is 0 Å². The molecule has 1 aliphatic rings. The highest BCUT2D eigenvalue weighted by atomic mass is 16.3. The summed E-state index contributed by atoms with van der Waals surface area (Å²) >= 11 is 0. The lowest BCUT2D eigenvalue weighted by Crippen LogP contribution is -2.47. The summed E-state index contributed by atoms with van der Waals surface area (Å²) in [5.74, 6) is 0.133. The van der Waals surface area contributed by atoms with E-state index in [1.54, 1.807) is 0 Å². The lowest BCUT2D eigenvalue weighted by Gasteiger charge is -2.40. The lowest BCUT2D eigenvalue weighted by molar-refractivity contribution is -0.126. The van der Waals surface area contributed by atoms with Gasteiger partial charge in [-0.05, 0) is 37.5 Å². The highest BCUT2D eigenvalue weighted by Crippen LogP contribution is 2.39. The minimum atomic E-state index is -0.683. The molecule has 1 saturated carbocycles. The van der Waals surface area contributed by atoms with Crippen molar-refractivity contribution >= 4 is 5.91 Å². The first-order valence-corrected chi connectivity index (χ1v) is 7.28. The van der Waals surface area contributed by atoms with Crippen molar-refractivity contribution in [2.75, 3.05) is 6.54 Å². The Kier molecular flexibility index (Phi) is 5.20. The van der Waals surface area contributed by atoms with Gasteiger partial charge in [-0.15, -0.1) is 0 Å². The fourth-order valence-electron chi connectivity index (χ4n) is 2.56. The van der Waals surface area contributed by atoms with E-state index in [0.717, 1.165) is 38.5 Å².